The fourth-order valence-corrected chi connectivity index (χ4v) is 2.66. The average Bonchev–Trinajstić information content (AvgIpc) is 2.42. The number of methoxy groups -OCH3 is 1. The van der Waals surface area contributed by atoms with Gasteiger partial charge in [0.05, 0.1) is 13.2 Å². The Hall–Kier alpha value is -1.26. The lowest BCUT2D eigenvalue weighted by molar-refractivity contribution is 0.114. The Bertz CT molecular complexity index is 414. The lowest BCUT2D eigenvalue weighted by atomic mass is 9.92. The summed E-state index contributed by atoms with van der Waals surface area (Å²) in [6.45, 7) is 2.11. The van der Waals surface area contributed by atoms with Crippen molar-refractivity contribution >= 4 is 0 Å². The molecule has 1 atom stereocenters. The molecule has 106 valence electrons. The number of rotatable bonds is 4. The molecule has 1 aliphatic rings. The molecular formula is C15H23NO3. The fourth-order valence-electron chi connectivity index (χ4n) is 2.66. The van der Waals surface area contributed by atoms with Crippen LogP contribution in [-0.4, -0.2) is 29.5 Å². The van der Waals surface area contributed by atoms with Crippen molar-refractivity contribution in [2.45, 2.75) is 50.8 Å². The molecule has 0 heterocycles. The maximum Gasteiger partial charge on any atom is 0.160 e. The summed E-state index contributed by atoms with van der Waals surface area (Å²) in [5.41, 5.74) is 1.10. The monoisotopic (exact) mass is 265 g/mol. The lowest BCUT2D eigenvalue weighted by Gasteiger charge is -2.29. The number of nitrogens with one attached hydrogen (secondary N) is 1. The van der Waals surface area contributed by atoms with Crippen LogP contribution in [0.1, 0.15) is 44.2 Å². The van der Waals surface area contributed by atoms with Gasteiger partial charge in [-0.05, 0) is 50.3 Å². The van der Waals surface area contributed by atoms with Crippen molar-refractivity contribution < 1.29 is 14.9 Å². The fraction of sp³-hybridized carbons (Fsp3) is 0.600. The third-order valence-electron chi connectivity index (χ3n) is 3.89. The van der Waals surface area contributed by atoms with Crippen LogP contribution in [0, 0.1) is 0 Å². The first-order valence-electron chi connectivity index (χ1n) is 6.91. The molecule has 0 aromatic heterocycles. The first-order valence-corrected chi connectivity index (χ1v) is 6.91. The maximum atomic E-state index is 9.59. The van der Waals surface area contributed by atoms with Crippen LogP contribution in [0.25, 0.3) is 0 Å². The van der Waals surface area contributed by atoms with Gasteiger partial charge in [0.15, 0.2) is 11.5 Å². The molecule has 3 N–H and O–H groups in total. The van der Waals surface area contributed by atoms with Crippen LogP contribution in [-0.2, 0) is 0 Å². The third kappa shape index (κ3) is 3.61. The Balaban J connectivity index is 1.97. The van der Waals surface area contributed by atoms with Gasteiger partial charge in [0, 0.05) is 12.1 Å². The zero-order valence-electron chi connectivity index (χ0n) is 11.6. The molecule has 1 saturated carbocycles. The summed E-state index contributed by atoms with van der Waals surface area (Å²) < 4.78 is 5.13. The van der Waals surface area contributed by atoms with Crippen LogP contribution in [0.15, 0.2) is 18.2 Å². The van der Waals surface area contributed by atoms with Gasteiger partial charge in [-0.2, -0.15) is 0 Å². The van der Waals surface area contributed by atoms with Gasteiger partial charge in [-0.25, -0.2) is 0 Å². The molecular weight excluding hydrogens is 242 g/mol. The molecule has 4 heteroatoms. The van der Waals surface area contributed by atoms with E-state index in [-0.39, 0.29) is 17.9 Å². The molecule has 0 spiro atoms. The Morgan fingerprint density at radius 1 is 1.26 bits per heavy atom. The van der Waals surface area contributed by atoms with E-state index in [1.165, 1.54) is 0 Å². The second-order valence-corrected chi connectivity index (χ2v) is 5.33. The van der Waals surface area contributed by atoms with Gasteiger partial charge in [0.1, 0.15) is 0 Å². The minimum Gasteiger partial charge on any atom is -0.504 e. The van der Waals surface area contributed by atoms with Crippen LogP contribution >= 0.6 is 0 Å². The highest BCUT2D eigenvalue weighted by Crippen LogP contribution is 2.29. The average molecular weight is 265 g/mol. The number of hydrogen-bond donors (Lipinski definition) is 3. The first-order chi connectivity index (χ1) is 9.10. The van der Waals surface area contributed by atoms with Crippen molar-refractivity contribution in [1.29, 1.82) is 0 Å². The van der Waals surface area contributed by atoms with E-state index in [9.17, 15) is 10.2 Å². The number of phenols is 1. The highest BCUT2D eigenvalue weighted by molar-refractivity contribution is 5.42. The smallest absolute Gasteiger partial charge is 0.160 e. The molecule has 0 amide bonds. The molecule has 1 unspecified atom stereocenters. The maximum absolute atomic E-state index is 9.59. The summed E-state index contributed by atoms with van der Waals surface area (Å²) in [4.78, 5) is 0. The van der Waals surface area contributed by atoms with E-state index >= 15 is 0 Å². The van der Waals surface area contributed by atoms with Crippen molar-refractivity contribution in [1.82, 2.24) is 5.32 Å². The SMILES string of the molecule is COc1cc(C(C)NC2CCC(O)CC2)ccc1O. The van der Waals surface area contributed by atoms with E-state index in [4.69, 9.17) is 4.74 Å². The van der Waals surface area contributed by atoms with E-state index in [1.54, 1.807) is 13.2 Å². The van der Waals surface area contributed by atoms with Crippen LogP contribution in [0.2, 0.25) is 0 Å². The van der Waals surface area contributed by atoms with Crippen LogP contribution in [0.5, 0.6) is 11.5 Å². The summed E-state index contributed by atoms with van der Waals surface area (Å²) in [5, 5.41) is 22.7. The van der Waals surface area contributed by atoms with Gasteiger partial charge in [0.2, 0.25) is 0 Å². The zero-order chi connectivity index (χ0) is 13.8. The van der Waals surface area contributed by atoms with Gasteiger partial charge >= 0.3 is 0 Å². The Morgan fingerprint density at radius 2 is 1.95 bits per heavy atom. The highest BCUT2D eigenvalue weighted by atomic mass is 16.5. The number of aromatic hydroxyl groups is 1. The molecule has 0 aliphatic heterocycles. The van der Waals surface area contributed by atoms with Crippen LogP contribution < -0.4 is 10.1 Å². The minimum atomic E-state index is -0.123. The van der Waals surface area contributed by atoms with E-state index in [0.717, 1.165) is 31.2 Å². The summed E-state index contributed by atoms with van der Waals surface area (Å²) in [6, 6.07) is 6.10. The third-order valence-corrected chi connectivity index (χ3v) is 3.89. The molecule has 4 nitrogen and oxygen atoms in total. The molecule has 1 aromatic rings. The quantitative estimate of drug-likeness (QED) is 0.782. The molecule has 2 rings (SSSR count). The lowest BCUT2D eigenvalue weighted by Crippen LogP contribution is -2.36. The molecule has 1 fully saturated rings. The number of ether oxygens (including phenoxy) is 1. The number of phenolic OH excluding ortho intramolecular Hbond substituents is 1. The molecule has 1 aromatic carbocycles. The topological polar surface area (TPSA) is 61.7 Å². The number of aliphatic hydroxyl groups excluding tert-OH is 1. The van der Waals surface area contributed by atoms with Gasteiger partial charge < -0.3 is 20.3 Å². The first kappa shape index (κ1) is 14.2. The van der Waals surface area contributed by atoms with Gasteiger partial charge in [-0.3, -0.25) is 0 Å². The summed E-state index contributed by atoms with van der Waals surface area (Å²) in [6.07, 6.45) is 3.66. The largest absolute Gasteiger partial charge is 0.504 e. The summed E-state index contributed by atoms with van der Waals surface area (Å²) in [7, 11) is 1.56. The van der Waals surface area contributed by atoms with Crippen molar-refractivity contribution in [3.63, 3.8) is 0 Å². The van der Waals surface area contributed by atoms with Crippen molar-refractivity contribution in [2.24, 2.45) is 0 Å². The van der Waals surface area contributed by atoms with E-state index in [2.05, 4.69) is 12.2 Å². The number of aliphatic hydroxyl groups is 1. The second-order valence-electron chi connectivity index (χ2n) is 5.33. The molecule has 0 bridgehead atoms. The van der Waals surface area contributed by atoms with Crippen molar-refractivity contribution in [2.75, 3.05) is 7.11 Å². The normalized spacial score (nSPS) is 25.0. The van der Waals surface area contributed by atoms with Crippen LogP contribution in [0.4, 0.5) is 0 Å². The predicted octanol–water partition coefficient (Wildman–Crippen LogP) is 2.35. The Morgan fingerprint density at radius 3 is 2.58 bits per heavy atom. The van der Waals surface area contributed by atoms with Gasteiger partial charge in [-0.15, -0.1) is 0 Å². The van der Waals surface area contributed by atoms with Gasteiger partial charge in [0.25, 0.3) is 0 Å². The standard InChI is InChI=1S/C15H23NO3/c1-10(16-12-4-6-13(17)7-5-12)11-3-8-14(18)15(9-11)19-2/h3,8-10,12-13,16-18H,4-7H2,1-2H3. The molecule has 19 heavy (non-hydrogen) atoms. The predicted molar refractivity (Wildman–Crippen MR) is 74.5 cm³/mol. The van der Waals surface area contributed by atoms with Crippen LogP contribution in [0.3, 0.4) is 0 Å². The Labute approximate surface area is 114 Å². The molecule has 0 radical (unpaired) electrons. The van der Waals surface area contributed by atoms with Gasteiger partial charge in [-0.1, -0.05) is 6.07 Å². The second kappa shape index (κ2) is 6.26. The van der Waals surface area contributed by atoms with Crippen molar-refractivity contribution in [3.8, 4) is 11.5 Å². The van der Waals surface area contributed by atoms with E-state index in [0.29, 0.717) is 11.8 Å². The minimum absolute atomic E-state index is 0.123. The highest BCUT2D eigenvalue weighted by Gasteiger charge is 2.21. The molecule has 1 aliphatic carbocycles. The summed E-state index contributed by atoms with van der Waals surface area (Å²) in [5.74, 6) is 0.671. The summed E-state index contributed by atoms with van der Waals surface area (Å²) >= 11 is 0. The zero-order valence-corrected chi connectivity index (χ0v) is 11.6. The van der Waals surface area contributed by atoms with Crippen molar-refractivity contribution in [3.05, 3.63) is 23.8 Å². The number of hydrogen-bond acceptors (Lipinski definition) is 4. The molecule has 0 saturated heterocycles. The Kier molecular flexibility index (Phi) is 4.66. The van der Waals surface area contributed by atoms with E-state index < -0.39 is 0 Å². The van der Waals surface area contributed by atoms with E-state index in [1.807, 2.05) is 12.1 Å². The number of benzene rings is 1.